The molecule has 0 spiro atoms. The van der Waals surface area contributed by atoms with Gasteiger partial charge in [0.25, 0.3) is 0 Å². The highest BCUT2D eigenvalue weighted by Crippen LogP contribution is 2.55. The standard InChI is InChI=1S/C9H13N2O7P/c12-6(5-1-2-10-4-11-5)7-8(13)9(14,3-18-7)19(15,16)17/h1-2,4,6-8,12-14H,3H2,(H2,15,16,17)/t6?,7-,8-,9-/m1/s1. The van der Waals surface area contributed by atoms with Crippen LogP contribution in [0.1, 0.15) is 11.8 Å². The quantitative estimate of drug-likeness (QED) is 0.403. The topological polar surface area (TPSA) is 153 Å². The average molecular weight is 292 g/mol. The molecule has 0 radical (unpaired) electrons. The molecule has 4 atom stereocenters. The lowest BCUT2D eigenvalue weighted by Crippen LogP contribution is -2.45. The summed E-state index contributed by atoms with van der Waals surface area (Å²) in [5.41, 5.74) is 0.106. The van der Waals surface area contributed by atoms with Crippen molar-refractivity contribution in [2.24, 2.45) is 0 Å². The lowest BCUT2D eigenvalue weighted by Gasteiger charge is -2.28. The smallest absolute Gasteiger partial charge is 0.362 e. The van der Waals surface area contributed by atoms with E-state index in [0.29, 0.717) is 0 Å². The molecule has 0 saturated carbocycles. The summed E-state index contributed by atoms with van der Waals surface area (Å²) in [6.07, 6.45) is -2.28. The molecule has 0 aliphatic carbocycles. The summed E-state index contributed by atoms with van der Waals surface area (Å²) in [6.45, 7) is -0.786. The number of hydrogen-bond acceptors (Lipinski definition) is 7. The number of aromatic nitrogens is 2. The van der Waals surface area contributed by atoms with Crippen LogP contribution < -0.4 is 0 Å². The zero-order valence-electron chi connectivity index (χ0n) is 9.57. The molecule has 0 aromatic carbocycles. The molecular formula is C9H13N2O7P. The second-order valence-electron chi connectivity index (χ2n) is 4.22. The minimum atomic E-state index is -5.01. The zero-order valence-corrected chi connectivity index (χ0v) is 10.5. The Labute approximate surface area is 107 Å². The molecule has 1 unspecified atom stereocenters. The maximum atomic E-state index is 11.2. The van der Waals surface area contributed by atoms with Crippen molar-refractivity contribution >= 4 is 7.60 Å². The molecule has 1 fully saturated rings. The number of nitrogens with zero attached hydrogens (tertiary/aromatic N) is 2. The van der Waals surface area contributed by atoms with Gasteiger partial charge in [-0.1, -0.05) is 0 Å². The Balaban J connectivity index is 2.23. The van der Waals surface area contributed by atoms with Gasteiger partial charge in [0.1, 0.15) is 24.6 Å². The van der Waals surface area contributed by atoms with Gasteiger partial charge in [-0.3, -0.25) is 4.57 Å². The Morgan fingerprint density at radius 2 is 2.21 bits per heavy atom. The largest absolute Gasteiger partial charge is 0.386 e. The first kappa shape index (κ1) is 14.5. The third-order valence-corrected chi connectivity index (χ3v) is 4.40. The Morgan fingerprint density at radius 1 is 1.53 bits per heavy atom. The third-order valence-electron chi connectivity index (χ3n) is 3.00. The van der Waals surface area contributed by atoms with E-state index in [1.165, 1.54) is 12.3 Å². The van der Waals surface area contributed by atoms with E-state index in [1.807, 2.05) is 0 Å². The highest BCUT2D eigenvalue weighted by atomic mass is 31.2. The van der Waals surface area contributed by atoms with Crippen LogP contribution in [0, 0.1) is 0 Å². The number of hydrogen-bond donors (Lipinski definition) is 5. The summed E-state index contributed by atoms with van der Waals surface area (Å²) >= 11 is 0. The van der Waals surface area contributed by atoms with Gasteiger partial charge in [-0.2, -0.15) is 0 Å². The van der Waals surface area contributed by atoms with Crippen LogP contribution in [0.3, 0.4) is 0 Å². The van der Waals surface area contributed by atoms with Gasteiger partial charge in [-0.05, 0) is 6.07 Å². The fourth-order valence-electron chi connectivity index (χ4n) is 1.82. The molecule has 19 heavy (non-hydrogen) atoms. The van der Waals surface area contributed by atoms with E-state index in [4.69, 9.17) is 14.5 Å². The molecule has 5 N–H and O–H groups in total. The van der Waals surface area contributed by atoms with Crippen molar-refractivity contribution in [3.63, 3.8) is 0 Å². The minimum Gasteiger partial charge on any atom is -0.386 e. The van der Waals surface area contributed by atoms with Crippen LogP contribution in [-0.2, 0) is 9.30 Å². The molecule has 1 aliphatic heterocycles. The van der Waals surface area contributed by atoms with Crippen LogP contribution in [0.15, 0.2) is 18.6 Å². The van der Waals surface area contributed by atoms with E-state index >= 15 is 0 Å². The first-order chi connectivity index (χ1) is 8.77. The lowest BCUT2D eigenvalue weighted by atomic mass is 10.0. The van der Waals surface area contributed by atoms with E-state index in [0.717, 1.165) is 6.33 Å². The molecule has 1 aliphatic rings. The van der Waals surface area contributed by atoms with Gasteiger partial charge in [-0.15, -0.1) is 0 Å². The summed E-state index contributed by atoms with van der Waals surface area (Å²) in [4.78, 5) is 25.4. The van der Waals surface area contributed by atoms with Crippen molar-refractivity contribution in [1.82, 2.24) is 9.97 Å². The average Bonchev–Trinajstić information content (AvgIpc) is 2.67. The van der Waals surface area contributed by atoms with Gasteiger partial charge in [0.2, 0.25) is 5.34 Å². The van der Waals surface area contributed by atoms with Crippen molar-refractivity contribution in [3.05, 3.63) is 24.3 Å². The maximum Gasteiger partial charge on any atom is 0.362 e. The summed E-state index contributed by atoms with van der Waals surface area (Å²) in [5, 5.41) is 26.8. The van der Waals surface area contributed by atoms with Gasteiger partial charge in [0.15, 0.2) is 0 Å². The lowest BCUT2D eigenvalue weighted by molar-refractivity contribution is -0.0597. The molecule has 1 aromatic rings. The highest BCUT2D eigenvalue weighted by molar-refractivity contribution is 7.53. The predicted molar refractivity (Wildman–Crippen MR) is 59.7 cm³/mol. The zero-order chi connectivity index (χ0) is 14.3. The van der Waals surface area contributed by atoms with Crippen LogP contribution in [0.5, 0.6) is 0 Å². The van der Waals surface area contributed by atoms with Crippen LogP contribution in [0.2, 0.25) is 0 Å². The third kappa shape index (κ3) is 2.41. The fraction of sp³-hybridized carbons (Fsp3) is 0.556. The Hall–Kier alpha value is -0.930. The van der Waals surface area contributed by atoms with Gasteiger partial charge in [0, 0.05) is 6.20 Å². The Kier molecular flexibility index (Phi) is 3.72. The van der Waals surface area contributed by atoms with E-state index in [9.17, 15) is 19.9 Å². The van der Waals surface area contributed by atoms with Crippen molar-refractivity contribution < 1.29 is 34.4 Å². The van der Waals surface area contributed by atoms with Crippen LogP contribution in [0.4, 0.5) is 0 Å². The summed E-state index contributed by atoms with van der Waals surface area (Å²) in [7, 11) is -5.01. The highest BCUT2D eigenvalue weighted by Gasteiger charge is 2.60. The molecular weight excluding hydrogens is 279 g/mol. The van der Waals surface area contributed by atoms with Crippen molar-refractivity contribution in [2.75, 3.05) is 6.61 Å². The molecule has 106 valence electrons. The normalized spacial score (nSPS) is 33.3. The van der Waals surface area contributed by atoms with Crippen LogP contribution >= 0.6 is 7.60 Å². The predicted octanol–water partition coefficient (Wildman–Crippen LogP) is -1.86. The van der Waals surface area contributed by atoms with E-state index < -0.39 is 37.9 Å². The molecule has 10 heteroatoms. The van der Waals surface area contributed by atoms with E-state index in [2.05, 4.69) is 9.97 Å². The monoisotopic (exact) mass is 292 g/mol. The van der Waals surface area contributed by atoms with Crippen molar-refractivity contribution in [2.45, 2.75) is 23.7 Å². The van der Waals surface area contributed by atoms with E-state index in [-0.39, 0.29) is 5.69 Å². The molecule has 9 nitrogen and oxygen atoms in total. The second-order valence-corrected chi connectivity index (χ2v) is 6.08. The minimum absolute atomic E-state index is 0.106. The number of ether oxygens (including phenoxy) is 1. The van der Waals surface area contributed by atoms with Crippen molar-refractivity contribution in [3.8, 4) is 0 Å². The molecule has 1 saturated heterocycles. The molecule has 0 bridgehead atoms. The van der Waals surface area contributed by atoms with Gasteiger partial charge in [-0.25, -0.2) is 9.97 Å². The first-order valence-corrected chi connectivity index (χ1v) is 6.90. The van der Waals surface area contributed by atoms with Crippen LogP contribution in [0.25, 0.3) is 0 Å². The summed E-state index contributed by atoms with van der Waals surface area (Å²) in [5.74, 6) is 0. The molecule has 2 rings (SSSR count). The maximum absolute atomic E-state index is 11.2. The Morgan fingerprint density at radius 3 is 2.68 bits per heavy atom. The number of rotatable bonds is 3. The summed E-state index contributed by atoms with van der Waals surface area (Å²) < 4.78 is 16.1. The number of aliphatic hydroxyl groups excluding tert-OH is 2. The summed E-state index contributed by atoms with van der Waals surface area (Å²) in [6, 6.07) is 1.36. The number of aliphatic hydroxyl groups is 3. The van der Waals surface area contributed by atoms with Crippen molar-refractivity contribution in [1.29, 1.82) is 0 Å². The molecule has 2 heterocycles. The SMILES string of the molecule is O=P(O)(O)[C@]1(O)CO[C@H](C(O)c2ccncn2)[C@H]1O. The Bertz CT molecular complexity index is 495. The fourth-order valence-corrected chi connectivity index (χ4v) is 2.56. The molecule has 1 aromatic heterocycles. The van der Waals surface area contributed by atoms with Crippen LogP contribution in [-0.4, -0.2) is 59.2 Å². The van der Waals surface area contributed by atoms with E-state index in [1.54, 1.807) is 0 Å². The van der Waals surface area contributed by atoms with Gasteiger partial charge >= 0.3 is 7.60 Å². The molecule has 0 amide bonds. The van der Waals surface area contributed by atoms with Gasteiger partial charge in [0.05, 0.1) is 12.3 Å². The second kappa shape index (κ2) is 4.88. The first-order valence-electron chi connectivity index (χ1n) is 5.29. The van der Waals surface area contributed by atoms with Gasteiger partial charge < -0.3 is 29.8 Å².